The molecule has 1 N–H and O–H groups in total. The number of ether oxygens (including phenoxy) is 3. The first-order valence-electron chi connectivity index (χ1n) is 9.69. The Kier molecular flexibility index (Phi) is 6.91. The van der Waals surface area contributed by atoms with Gasteiger partial charge in [-0.3, -0.25) is 0 Å². The van der Waals surface area contributed by atoms with Crippen LogP contribution in [-0.2, 0) is 4.74 Å². The number of hydrogen-bond acceptors (Lipinski definition) is 7. The quantitative estimate of drug-likeness (QED) is 0.721. The standard InChI is InChI=1S/C22H28N4O3/c1-15(14-27-2)5-6-17-13-26(8-7-24-17)22-19-10-21(29-4)20(28-3)9-18(19)16(11-23)12-25-22/h5,9-10,12,17,24H,6-8,13-14H2,1-4H3/t17-/m1/s1. The minimum absolute atomic E-state index is 0.322. The molecular weight excluding hydrogens is 368 g/mol. The molecule has 3 rings (SSSR count). The first-order chi connectivity index (χ1) is 14.1. The average molecular weight is 396 g/mol. The summed E-state index contributed by atoms with van der Waals surface area (Å²) in [5, 5.41) is 14.8. The zero-order chi connectivity index (χ0) is 20.8. The highest BCUT2D eigenvalue weighted by Crippen LogP contribution is 2.37. The number of rotatable bonds is 7. The van der Waals surface area contributed by atoms with E-state index < -0.39 is 0 Å². The first kappa shape index (κ1) is 20.9. The maximum Gasteiger partial charge on any atom is 0.161 e. The van der Waals surface area contributed by atoms with Crippen LogP contribution < -0.4 is 19.7 Å². The van der Waals surface area contributed by atoms with E-state index in [0.29, 0.717) is 29.7 Å². The second-order valence-electron chi connectivity index (χ2n) is 7.18. The fraction of sp³-hybridized carbons (Fsp3) is 0.455. The molecule has 1 aromatic heterocycles. The van der Waals surface area contributed by atoms with Crippen LogP contribution in [0.15, 0.2) is 30.0 Å². The van der Waals surface area contributed by atoms with Crippen molar-refractivity contribution >= 4 is 16.6 Å². The molecule has 1 aliphatic heterocycles. The zero-order valence-electron chi connectivity index (χ0n) is 17.5. The molecule has 1 aliphatic rings. The summed E-state index contributed by atoms with van der Waals surface area (Å²) >= 11 is 0. The van der Waals surface area contributed by atoms with E-state index in [-0.39, 0.29) is 0 Å². The van der Waals surface area contributed by atoms with Crippen LogP contribution in [0.1, 0.15) is 18.9 Å². The monoisotopic (exact) mass is 396 g/mol. The van der Waals surface area contributed by atoms with Crippen molar-refractivity contribution in [1.29, 1.82) is 5.26 Å². The molecule has 1 saturated heterocycles. The number of benzene rings is 1. The molecule has 0 bridgehead atoms. The summed E-state index contributed by atoms with van der Waals surface area (Å²) in [6, 6.07) is 6.32. The predicted octanol–water partition coefficient (Wildman–Crippen LogP) is 2.88. The number of nitrogens with zero attached hydrogens (tertiary/aromatic N) is 3. The second-order valence-corrected chi connectivity index (χ2v) is 7.18. The molecule has 2 heterocycles. The Morgan fingerprint density at radius 1 is 1.28 bits per heavy atom. The third-order valence-corrected chi connectivity index (χ3v) is 5.17. The number of hydrogen-bond donors (Lipinski definition) is 1. The van der Waals surface area contributed by atoms with E-state index in [1.165, 1.54) is 5.57 Å². The second kappa shape index (κ2) is 9.59. The van der Waals surface area contributed by atoms with Crippen LogP contribution in [-0.4, -0.2) is 58.6 Å². The van der Waals surface area contributed by atoms with Crippen molar-refractivity contribution in [3.63, 3.8) is 0 Å². The van der Waals surface area contributed by atoms with Crippen LogP contribution >= 0.6 is 0 Å². The molecule has 2 aromatic rings. The van der Waals surface area contributed by atoms with Crippen molar-refractivity contribution in [2.45, 2.75) is 19.4 Å². The lowest BCUT2D eigenvalue weighted by atomic mass is 10.0. The van der Waals surface area contributed by atoms with Gasteiger partial charge in [0.15, 0.2) is 11.5 Å². The lowest BCUT2D eigenvalue weighted by Crippen LogP contribution is -2.50. The van der Waals surface area contributed by atoms with E-state index in [1.54, 1.807) is 27.5 Å². The molecule has 0 aliphatic carbocycles. The van der Waals surface area contributed by atoms with Gasteiger partial charge in [0, 0.05) is 49.8 Å². The number of aromatic nitrogens is 1. The van der Waals surface area contributed by atoms with Crippen molar-refractivity contribution in [2.75, 3.05) is 52.5 Å². The molecule has 0 radical (unpaired) electrons. The highest BCUT2D eigenvalue weighted by molar-refractivity contribution is 5.98. The average Bonchev–Trinajstić information content (AvgIpc) is 2.76. The summed E-state index contributed by atoms with van der Waals surface area (Å²) in [7, 11) is 4.92. The molecule has 7 heteroatoms. The Hall–Kier alpha value is -2.82. The van der Waals surface area contributed by atoms with Gasteiger partial charge in [-0.15, -0.1) is 0 Å². The summed E-state index contributed by atoms with van der Waals surface area (Å²) in [5.41, 5.74) is 1.75. The SMILES string of the molecule is COCC(C)=CC[C@@H]1CN(c2ncc(C#N)c3cc(OC)c(OC)cc23)CCN1. The smallest absolute Gasteiger partial charge is 0.161 e. The van der Waals surface area contributed by atoms with Crippen molar-refractivity contribution < 1.29 is 14.2 Å². The van der Waals surface area contributed by atoms with Crippen LogP contribution in [0.3, 0.4) is 0 Å². The number of nitrogens with one attached hydrogen (secondary N) is 1. The number of fused-ring (bicyclic) bond motifs is 1. The molecule has 29 heavy (non-hydrogen) atoms. The minimum atomic E-state index is 0.322. The molecule has 1 aromatic carbocycles. The highest BCUT2D eigenvalue weighted by atomic mass is 16.5. The Bertz CT molecular complexity index is 936. The maximum absolute atomic E-state index is 9.53. The third-order valence-electron chi connectivity index (χ3n) is 5.17. The first-order valence-corrected chi connectivity index (χ1v) is 9.69. The van der Waals surface area contributed by atoms with E-state index in [0.717, 1.165) is 42.6 Å². The Morgan fingerprint density at radius 3 is 2.66 bits per heavy atom. The summed E-state index contributed by atoms with van der Waals surface area (Å²) < 4.78 is 16.1. The minimum Gasteiger partial charge on any atom is -0.493 e. The fourth-order valence-electron chi connectivity index (χ4n) is 3.70. The van der Waals surface area contributed by atoms with Gasteiger partial charge in [0.2, 0.25) is 0 Å². The van der Waals surface area contributed by atoms with Gasteiger partial charge in [0.1, 0.15) is 11.9 Å². The molecular formula is C22H28N4O3. The lowest BCUT2D eigenvalue weighted by molar-refractivity contribution is 0.225. The van der Waals surface area contributed by atoms with Crippen molar-refractivity contribution in [3.05, 3.63) is 35.5 Å². The fourth-order valence-corrected chi connectivity index (χ4v) is 3.70. The highest BCUT2D eigenvalue weighted by Gasteiger charge is 2.23. The van der Waals surface area contributed by atoms with E-state index in [4.69, 9.17) is 14.2 Å². The van der Waals surface area contributed by atoms with Crippen molar-refractivity contribution in [1.82, 2.24) is 10.3 Å². The molecule has 1 fully saturated rings. The number of pyridine rings is 1. The number of piperazine rings is 1. The molecule has 7 nitrogen and oxygen atoms in total. The van der Waals surface area contributed by atoms with Gasteiger partial charge in [-0.05, 0) is 25.5 Å². The van der Waals surface area contributed by atoms with Crippen LogP contribution in [0.5, 0.6) is 11.5 Å². The van der Waals surface area contributed by atoms with Crippen LogP contribution in [0.25, 0.3) is 10.8 Å². The van der Waals surface area contributed by atoms with Crippen molar-refractivity contribution in [2.24, 2.45) is 0 Å². The Balaban J connectivity index is 1.94. The summed E-state index contributed by atoms with van der Waals surface area (Å²) in [6.07, 6.45) is 4.79. The van der Waals surface area contributed by atoms with Crippen molar-refractivity contribution in [3.8, 4) is 17.6 Å². The van der Waals surface area contributed by atoms with Gasteiger partial charge in [-0.2, -0.15) is 5.26 Å². The molecule has 0 amide bonds. The normalized spacial score (nSPS) is 17.3. The number of nitriles is 1. The van der Waals surface area contributed by atoms with Gasteiger partial charge in [0.05, 0.1) is 26.4 Å². The zero-order valence-corrected chi connectivity index (χ0v) is 17.5. The molecule has 0 saturated carbocycles. The Morgan fingerprint density at radius 2 is 2.00 bits per heavy atom. The molecule has 1 atom stereocenters. The van der Waals surface area contributed by atoms with Gasteiger partial charge in [-0.25, -0.2) is 4.98 Å². The van der Waals surface area contributed by atoms with Gasteiger partial charge in [0.25, 0.3) is 0 Å². The van der Waals surface area contributed by atoms with Gasteiger partial charge < -0.3 is 24.4 Å². The third kappa shape index (κ3) is 4.61. The van der Waals surface area contributed by atoms with E-state index in [2.05, 4.69) is 34.3 Å². The largest absolute Gasteiger partial charge is 0.493 e. The molecule has 0 spiro atoms. The summed E-state index contributed by atoms with van der Waals surface area (Å²) in [4.78, 5) is 6.91. The topological polar surface area (TPSA) is 79.6 Å². The number of methoxy groups -OCH3 is 3. The van der Waals surface area contributed by atoms with E-state index >= 15 is 0 Å². The molecule has 154 valence electrons. The maximum atomic E-state index is 9.53. The van der Waals surface area contributed by atoms with Gasteiger partial charge >= 0.3 is 0 Å². The number of anilines is 1. The van der Waals surface area contributed by atoms with Crippen LogP contribution in [0.2, 0.25) is 0 Å². The van der Waals surface area contributed by atoms with E-state index in [9.17, 15) is 5.26 Å². The summed E-state index contributed by atoms with van der Waals surface area (Å²) in [6.45, 7) is 5.29. The summed E-state index contributed by atoms with van der Waals surface area (Å²) in [5.74, 6) is 2.09. The van der Waals surface area contributed by atoms with Crippen LogP contribution in [0, 0.1) is 11.3 Å². The molecule has 0 unspecified atom stereocenters. The lowest BCUT2D eigenvalue weighted by Gasteiger charge is -2.35. The van der Waals surface area contributed by atoms with Crippen LogP contribution in [0.4, 0.5) is 5.82 Å². The van der Waals surface area contributed by atoms with Gasteiger partial charge in [-0.1, -0.05) is 11.6 Å². The Labute approximate surface area is 171 Å². The predicted molar refractivity (Wildman–Crippen MR) is 114 cm³/mol. The van der Waals surface area contributed by atoms with E-state index in [1.807, 2.05) is 12.1 Å².